The molecule has 1 fully saturated rings. The Labute approximate surface area is 95.0 Å². The van der Waals surface area contributed by atoms with E-state index in [0.29, 0.717) is 0 Å². The molecule has 1 atom stereocenters. The molecule has 13 heavy (non-hydrogen) atoms. The largest absolute Gasteiger partial charge is 1.00 e. The second kappa shape index (κ2) is 4.28. The van der Waals surface area contributed by atoms with Crippen LogP contribution in [0.2, 0.25) is 0 Å². The summed E-state index contributed by atoms with van der Waals surface area (Å²) in [5.41, 5.74) is 1.19. The Hall–Kier alpha value is -0.300. The van der Waals surface area contributed by atoms with Gasteiger partial charge in [0.15, 0.2) is 6.67 Å². The van der Waals surface area contributed by atoms with Crippen LogP contribution in [0.3, 0.4) is 0 Å². The van der Waals surface area contributed by atoms with Gasteiger partial charge >= 0.3 is 6.03 Å². The molecule has 0 spiro atoms. The van der Waals surface area contributed by atoms with Gasteiger partial charge in [-0.25, -0.2) is 9.69 Å². The monoisotopic (exact) mass is 295 g/mol. The number of nitrogens with zero attached hydrogens (tertiary/aromatic N) is 1. The summed E-state index contributed by atoms with van der Waals surface area (Å²) in [5.74, 6) is 0. The lowest BCUT2D eigenvalue weighted by Crippen LogP contribution is -3.06. The second-order valence-corrected chi connectivity index (χ2v) is 3.22. The topological polar surface area (TPSA) is 36.8 Å². The predicted molar refractivity (Wildman–Crippen MR) is 44.3 cm³/mol. The van der Waals surface area contributed by atoms with Crippen LogP contribution < -0.4 is 34.2 Å². The number of nitrogens with one attached hydrogen (secondary N) is 2. The molecule has 74 valence electrons. The number of hydrogen-bond donors (Lipinski definition) is 2. The maximum atomic E-state index is 11.3. The third kappa shape index (κ3) is 1.96. The highest BCUT2D eigenvalue weighted by molar-refractivity contribution is 5.77. The third-order valence-corrected chi connectivity index (χ3v) is 2.44. The molecule has 5 heteroatoms. The number of carbonyl (C=O) groups is 1. The maximum absolute atomic E-state index is 11.3. The molecule has 1 unspecified atom stereocenters. The normalized spacial score (nSPS) is 25.9. The number of quaternary nitrogens is 1. The zero-order chi connectivity index (χ0) is 8.55. The average Bonchev–Trinajstić information content (AvgIpc) is 2.49. The minimum absolute atomic E-state index is 0. The minimum atomic E-state index is 0. The van der Waals surface area contributed by atoms with E-state index >= 15 is 0 Å². The molecular weight excluding hydrogens is 281 g/mol. The third-order valence-electron chi connectivity index (χ3n) is 2.44. The molecule has 2 amide bonds. The Morgan fingerprint density at radius 2 is 2.46 bits per heavy atom. The van der Waals surface area contributed by atoms with E-state index in [0.717, 1.165) is 26.2 Å². The van der Waals surface area contributed by atoms with Crippen LogP contribution in [0.4, 0.5) is 4.79 Å². The summed E-state index contributed by atoms with van der Waals surface area (Å²) >= 11 is 0. The molecule has 0 saturated carbocycles. The first-order valence-electron chi connectivity index (χ1n) is 4.42. The van der Waals surface area contributed by atoms with Gasteiger partial charge in [-0.05, 0) is 6.92 Å². The molecule has 0 aromatic carbocycles. The molecule has 4 nitrogen and oxygen atoms in total. The van der Waals surface area contributed by atoms with Crippen molar-refractivity contribution in [1.29, 1.82) is 0 Å². The van der Waals surface area contributed by atoms with Crippen LogP contribution in [0.15, 0.2) is 11.9 Å². The molecular formula is C8H14IN3O. The van der Waals surface area contributed by atoms with Gasteiger partial charge in [-0.2, -0.15) is 0 Å². The van der Waals surface area contributed by atoms with Crippen LogP contribution in [0, 0.1) is 0 Å². The van der Waals surface area contributed by atoms with Gasteiger partial charge in [0.25, 0.3) is 0 Å². The van der Waals surface area contributed by atoms with Crippen LogP contribution in [0.1, 0.15) is 13.3 Å². The Bertz CT molecular complexity index is 242. The number of amides is 2. The van der Waals surface area contributed by atoms with Crippen LogP contribution in [-0.4, -0.2) is 30.7 Å². The molecule has 2 N–H and O–H groups in total. The van der Waals surface area contributed by atoms with Gasteiger partial charge < -0.3 is 29.3 Å². The van der Waals surface area contributed by atoms with Gasteiger partial charge in [0.05, 0.1) is 12.2 Å². The van der Waals surface area contributed by atoms with Crippen molar-refractivity contribution < 1.29 is 33.7 Å². The van der Waals surface area contributed by atoms with Gasteiger partial charge in [0.1, 0.15) is 6.20 Å². The molecule has 0 aromatic heterocycles. The summed E-state index contributed by atoms with van der Waals surface area (Å²) in [7, 11) is 0. The van der Waals surface area contributed by atoms with E-state index < -0.39 is 0 Å². The van der Waals surface area contributed by atoms with Crippen molar-refractivity contribution in [3.05, 3.63) is 11.9 Å². The van der Waals surface area contributed by atoms with E-state index in [1.165, 1.54) is 10.6 Å². The Morgan fingerprint density at radius 3 is 3.08 bits per heavy atom. The minimum Gasteiger partial charge on any atom is -1.00 e. The van der Waals surface area contributed by atoms with Crippen molar-refractivity contribution >= 4 is 6.03 Å². The van der Waals surface area contributed by atoms with Gasteiger partial charge in [0.2, 0.25) is 0 Å². The quantitative estimate of drug-likeness (QED) is 0.477. The molecule has 2 heterocycles. The Balaban J connectivity index is 0.000000845. The van der Waals surface area contributed by atoms with Crippen LogP contribution in [0.5, 0.6) is 0 Å². The summed E-state index contributed by atoms with van der Waals surface area (Å²) < 4.78 is 0. The van der Waals surface area contributed by atoms with Gasteiger partial charge in [-0.15, -0.1) is 0 Å². The number of fused-ring (bicyclic) bond motifs is 1. The summed E-state index contributed by atoms with van der Waals surface area (Å²) in [4.78, 5) is 14.5. The van der Waals surface area contributed by atoms with Crippen LogP contribution in [-0.2, 0) is 0 Å². The summed E-state index contributed by atoms with van der Waals surface area (Å²) in [6.07, 6.45) is 3.15. The first-order valence-corrected chi connectivity index (χ1v) is 4.42. The zero-order valence-electron chi connectivity index (χ0n) is 7.64. The van der Waals surface area contributed by atoms with Crippen molar-refractivity contribution in [3.63, 3.8) is 0 Å². The number of urea groups is 1. The summed E-state index contributed by atoms with van der Waals surface area (Å²) in [5, 5.41) is 2.83. The Kier molecular flexibility index (Phi) is 3.55. The number of carbonyl (C=O) groups excluding carboxylic acids is 1. The number of hydrogen-bond acceptors (Lipinski definition) is 1. The molecule has 0 bridgehead atoms. The molecule has 1 saturated heterocycles. The molecule has 2 rings (SSSR count). The van der Waals surface area contributed by atoms with Gasteiger partial charge in [-0.1, -0.05) is 0 Å². The fourth-order valence-electron chi connectivity index (χ4n) is 1.68. The molecule has 2 aliphatic heterocycles. The fourth-order valence-corrected chi connectivity index (χ4v) is 1.68. The lowest BCUT2D eigenvalue weighted by atomic mass is 10.3. The van der Waals surface area contributed by atoms with Crippen molar-refractivity contribution in [2.45, 2.75) is 13.3 Å². The first kappa shape index (κ1) is 10.8. The first-order chi connectivity index (χ1) is 5.81. The zero-order valence-corrected chi connectivity index (χ0v) is 9.80. The van der Waals surface area contributed by atoms with E-state index in [1.807, 2.05) is 4.90 Å². The van der Waals surface area contributed by atoms with Gasteiger partial charge in [0, 0.05) is 13.0 Å². The predicted octanol–water partition coefficient (Wildman–Crippen LogP) is -3.88. The summed E-state index contributed by atoms with van der Waals surface area (Å²) in [6, 6.07) is 0.0657. The van der Waals surface area contributed by atoms with E-state index in [2.05, 4.69) is 18.4 Å². The van der Waals surface area contributed by atoms with Gasteiger partial charge in [-0.3, -0.25) is 4.90 Å². The number of rotatable bonds is 1. The fraction of sp³-hybridized carbons (Fsp3) is 0.625. The van der Waals surface area contributed by atoms with E-state index in [-0.39, 0.29) is 30.0 Å². The highest BCUT2D eigenvalue weighted by Gasteiger charge is 2.31. The van der Waals surface area contributed by atoms with Crippen molar-refractivity contribution in [3.8, 4) is 0 Å². The van der Waals surface area contributed by atoms with Crippen LogP contribution in [0.25, 0.3) is 0 Å². The lowest BCUT2D eigenvalue weighted by molar-refractivity contribution is -0.845. The highest BCUT2D eigenvalue weighted by Crippen LogP contribution is 2.12. The highest BCUT2D eigenvalue weighted by atomic mass is 127. The van der Waals surface area contributed by atoms with E-state index in [1.54, 1.807) is 0 Å². The average molecular weight is 295 g/mol. The Morgan fingerprint density at radius 1 is 1.69 bits per heavy atom. The van der Waals surface area contributed by atoms with E-state index in [9.17, 15) is 4.79 Å². The van der Waals surface area contributed by atoms with E-state index in [4.69, 9.17) is 0 Å². The molecule has 0 radical (unpaired) electrons. The van der Waals surface area contributed by atoms with Crippen molar-refractivity contribution in [2.24, 2.45) is 0 Å². The standard InChI is InChI=1S/C8H13N3O.HI/c1-2-10-5-7-3-4-9-8(12)11(7)6-10;/h5H,2-4,6H2,1H3,(H,9,12);1H. The molecule has 0 aliphatic carbocycles. The maximum Gasteiger partial charge on any atom is 0.326 e. The van der Waals surface area contributed by atoms with Crippen molar-refractivity contribution in [1.82, 2.24) is 10.2 Å². The molecule has 0 aromatic rings. The van der Waals surface area contributed by atoms with Crippen molar-refractivity contribution in [2.75, 3.05) is 19.8 Å². The second-order valence-electron chi connectivity index (χ2n) is 3.22. The number of halogens is 1. The SMILES string of the molecule is CC[NH+]1C=C2CCNC(=O)N2C1.[I-]. The molecule has 2 aliphatic rings. The smallest absolute Gasteiger partial charge is 0.326 e. The van der Waals surface area contributed by atoms with Crippen LogP contribution >= 0.6 is 0 Å². The lowest BCUT2D eigenvalue weighted by Gasteiger charge is -2.23. The summed E-state index contributed by atoms with van der Waals surface area (Å²) in [6.45, 7) is 4.77.